The van der Waals surface area contributed by atoms with Crippen LogP contribution in [0.4, 0.5) is 0 Å². The number of likely N-dealkylation sites (N-methyl/N-ethyl adjacent to an activating group) is 1. The average molecular weight is 306 g/mol. The van der Waals surface area contributed by atoms with Gasteiger partial charge in [-0.25, -0.2) is 0 Å². The Labute approximate surface area is 112 Å². The molecule has 1 N–H and O–H groups in total. The summed E-state index contributed by atoms with van der Waals surface area (Å²) in [4.78, 5) is 2.42. The summed E-state index contributed by atoms with van der Waals surface area (Å²) < 4.78 is 1.19. The number of nitrogens with zero attached hydrogens (tertiary/aromatic N) is 1. The monoisotopic (exact) mass is 304 g/mol. The number of halogens is 2. The Balaban J connectivity index is 0.00000128. The minimum absolute atomic E-state index is 0. The maximum absolute atomic E-state index is 3.53. The third-order valence-electron chi connectivity index (χ3n) is 3.04. The highest BCUT2D eigenvalue weighted by Gasteiger charge is 2.21. The molecule has 1 fully saturated rings. The van der Waals surface area contributed by atoms with Gasteiger partial charge in [-0.15, -0.1) is 12.4 Å². The van der Waals surface area contributed by atoms with Crippen LogP contribution in [0.3, 0.4) is 0 Å². The number of nitrogens with one attached hydrogen (secondary N) is 1. The molecule has 16 heavy (non-hydrogen) atoms. The van der Waals surface area contributed by atoms with E-state index < -0.39 is 0 Å². The van der Waals surface area contributed by atoms with Gasteiger partial charge in [0.25, 0.3) is 0 Å². The van der Waals surface area contributed by atoms with E-state index >= 15 is 0 Å². The summed E-state index contributed by atoms with van der Waals surface area (Å²) in [5.41, 5.74) is 2.71. The number of hydrogen-bond donors (Lipinski definition) is 1. The van der Waals surface area contributed by atoms with Crippen LogP contribution in [-0.4, -0.2) is 31.1 Å². The van der Waals surface area contributed by atoms with Crippen LogP contribution in [0.5, 0.6) is 0 Å². The lowest BCUT2D eigenvalue weighted by Gasteiger charge is -2.35. The number of aryl methyl sites for hydroxylation is 1. The molecule has 1 aliphatic rings. The highest BCUT2D eigenvalue weighted by atomic mass is 79.9. The summed E-state index contributed by atoms with van der Waals surface area (Å²) in [5.74, 6) is 0. The summed E-state index contributed by atoms with van der Waals surface area (Å²) in [5, 5.41) is 3.30. The summed E-state index contributed by atoms with van der Waals surface area (Å²) in [6, 6.07) is 7.30. The van der Waals surface area contributed by atoms with Gasteiger partial charge >= 0.3 is 0 Å². The smallest absolute Gasteiger partial charge is 0.0345 e. The first-order valence-corrected chi connectivity index (χ1v) is 6.12. The Morgan fingerprint density at radius 3 is 2.62 bits per heavy atom. The zero-order valence-corrected chi connectivity index (χ0v) is 12.1. The SMILES string of the molecule is Cc1cc(CN(C)C2CNC2)ccc1Br.Cl. The van der Waals surface area contributed by atoms with Gasteiger partial charge in [-0.3, -0.25) is 4.90 Å². The van der Waals surface area contributed by atoms with Crippen LogP contribution in [0, 0.1) is 6.92 Å². The molecular weight excluding hydrogens is 288 g/mol. The van der Waals surface area contributed by atoms with Crippen molar-refractivity contribution < 1.29 is 0 Å². The zero-order chi connectivity index (χ0) is 10.8. The highest BCUT2D eigenvalue weighted by molar-refractivity contribution is 9.10. The van der Waals surface area contributed by atoms with Gasteiger partial charge in [0.2, 0.25) is 0 Å². The molecule has 1 heterocycles. The molecule has 0 spiro atoms. The minimum Gasteiger partial charge on any atom is -0.314 e. The molecule has 4 heteroatoms. The molecule has 1 aromatic carbocycles. The normalized spacial score (nSPS) is 15.8. The fourth-order valence-corrected chi connectivity index (χ4v) is 2.05. The van der Waals surface area contributed by atoms with Crippen LogP contribution in [0.15, 0.2) is 22.7 Å². The molecule has 0 atom stereocenters. The van der Waals surface area contributed by atoms with Gasteiger partial charge < -0.3 is 5.32 Å². The first-order valence-electron chi connectivity index (χ1n) is 5.33. The molecule has 0 aromatic heterocycles. The van der Waals surface area contributed by atoms with Gasteiger partial charge in [0.15, 0.2) is 0 Å². The van der Waals surface area contributed by atoms with Gasteiger partial charge in [0, 0.05) is 30.1 Å². The van der Waals surface area contributed by atoms with Crippen molar-refractivity contribution >= 4 is 28.3 Å². The first kappa shape index (κ1) is 14.0. The lowest BCUT2D eigenvalue weighted by atomic mass is 10.1. The van der Waals surface area contributed by atoms with Crippen molar-refractivity contribution in [2.24, 2.45) is 0 Å². The van der Waals surface area contributed by atoms with E-state index in [4.69, 9.17) is 0 Å². The van der Waals surface area contributed by atoms with Gasteiger partial charge in [0.05, 0.1) is 0 Å². The molecule has 0 bridgehead atoms. The molecule has 0 unspecified atom stereocenters. The lowest BCUT2D eigenvalue weighted by Crippen LogP contribution is -2.55. The molecule has 1 saturated heterocycles. The molecule has 90 valence electrons. The fraction of sp³-hybridized carbons (Fsp3) is 0.500. The van der Waals surface area contributed by atoms with E-state index in [2.05, 4.69) is 58.3 Å². The highest BCUT2D eigenvalue weighted by Crippen LogP contribution is 2.18. The molecule has 1 aromatic rings. The van der Waals surface area contributed by atoms with Gasteiger partial charge in [-0.2, -0.15) is 0 Å². The van der Waals surface area contributed by atoms with Crippen molar-refractivity contribution in [2.45, 2.75) is 19.5 Å². The van der Waals surface area contributed by atoms with Gasteiger partial charge in [0.1, 0.15) is 0 Å². The van der Waals surface area contributed by atoms with E-state index in [9.17, 15) is 0 Å². The van der Waals surface area contributed by atoms with E-state index in [1.165, 1.54) is 15.6 Å². The van der Waals surface area contributed by atoms with Crippen molar-refractivity contribution in [3.05, 3.63) is 33.8 Å². The van der Waals surface area contributed by atoms with Crippen molar-refractivity contribution in [1.82, 2.24) is 10.2 Å². The van der Waals surface area contributed by atoms with Crippen LogP contribution in [0.1, 0.15) is 11.1 Å². The Kier molecular flexibility index (Phi) is 5.25. The van der Waals surface area contributed by atoms with Crippen molar-refractivity contribution in [3.8, 4) is 0 Å². The Morgan fingerprint density at radius 2 is 2.12 bits per heavy atom. The van der Waals surface area contributed by atoms with E-state index in [0.29, 0.717) is 6.04 Å². The number of hydrogen-bond acceptors (Lipinski definition) is 2. The number of rotatable bonds is 3. The predicted molar refractivity (Wildman–Crippen MR) is 74.3 cm³/mol. The fourth-order valence-electron chi connectivity index (χ4n) is 1.81. The summed E-state index contributed by atoms with van der Waals surface area (Å²) >= 11 is 3.53. The Hall–Kier alpha value is -0.0900. The molecule has 0 aliphatic carbocycles. The quantitative estimate of drug-likeness (QED) is 0.923. The van der Waals surface area contributed by atoms with Crippen molar-refractivity contribution in [3.63, 3.8) is 0 Å². The maximum Gasteiger partial charge on any atom is 0.0345 e. The van der Waals surface area contributed by atoms with Crippen molar-refractivity contribution in [1.29, 1.82) is 0 Å². The molecule has 0 radical (unpaired) electrons. The van der Waals surface area contributed by atoms with Crippen LogP contribution in [0.2, 0.25) is 0 Å². The van der Waals surface area contributed by atoms with Crippen LogP contribution >= 0.6 is 28.3 Å². The van der Waals surface area contributed by atoms with Gasteiger partial charge in [-0.05, 0) is 31.2 Å². The third kappa shape index (κ3) is 3.20. The minimum atomic E-state index is 0. The topological polar surface area (TPSA) is 15.3 Å². The predicted octanol–water partition coefficient (Wildman–Crippen LogP) is 2.58. The molecular formula is C12H18BrClN2. The maximum atomic E-state index is 3.53. The van der Waals surface area contributed by atoms with Crippen LogP contribution < -0.4 is 5.32 Å². The second kappa shape index (κ2) is 6.01. The van der Waals surface area contributed by atoms with Crippen LogP contribution in [-0.2, 0) is 6.54 Å². The largest absolute Gasteiger partial charge is 0.314 e. The van der Waals surface area contributed by atoms with Crippen LogP contribution in [0.25, 0.3) is 0 Å². The van der Waals surface area contributed by atoms with E-state index in [1.807, 2.05) is 0 Å². The Morgan fingerprint density at radius 1 is 1.44 bits per heavy atom. The zero-order valence-electron chi connectivity index (χ0n) is 9.66. The van der Waals surface area contributed by atoms with Gasteiger partial charge in [-0.1, -0.05) is 28.1 Å². The van der Waals surface area contributed by atoms with E-state index in [-0.39, 0.29) is 12.4 Å². The summed E-state index contributed by atoms with van der Waals surface area (Å²) in [6.45, 7) is 5.44. The first-order chi connectivity index (χ1) is 7.16. The van der Waals surface area contributed by atoms with E-state index in [0.717, 1.165) is 19.6 Å². The molecule has 1 aliphatic heterocycles. The molecule has 0 amide bonds. The third-order valence-corrected chi connectivity index (χ3v) is 3.93. The number of benzene rings is 1. The second-order valence-corrected chi connectivity index (χ2v) is 5.17. The summed E-state index contributed by atoms with van der Waals surface area (Å²) in [7, 11) is 2.20. The average Bonchev–Trinajstić information content (AvgIpc) is 2.08. The molecule has 2 rings (SSSR count). The summed E-state index contributed by atoms with van der Waals surface area (Å²) in [6.07, 6.45) is 0. The second-order valence-electron chi connectivity index (χ2n) is 4.31. The molecule has 2 nitrogen and oxygen atoms in total. The molecule has 0 saturated carbocycles. The lowest BCUT2D eigenvalue weighted by molar-refractivity contribution is 0.173. The van der Waals surface area contributed by atoms with E-state index in [1.54, 1.807) is 0 Å². The Bertz CT molecular complexity index is 353. The van der Waals surface area contributed by atoms with Crippen molar-refractivity contribution in [2.75, 3.05) is 20.1 Å². The standard InChI is InChI=1S/C12H17BrN2.ClH/c1-9-5-10(3-4-12(9)13)8-15(2)11-6-14-7-11;/h3-5,11,14H,6-8H2,1-2H3;1H.